The van der Waals surface area contributed by atoms with Crippen LogP contribution in [0.25, 0.3) is 5.69 Å². The van der Waals surface area contributed by atoms with Gasteiger partial charge in [-0.05, 0) is 37.9 Å². The van der Waals surface area contributed by atoms with Gasteiger partial charge in [-0.2, -0.15) is 0 Å². The number of aromatic nitrogens is 2. The average molecular weight is 257 g/mol. The fraction of sp³-hybridized carbons (Fsp3) is 0.400. The third-order valence-electron chi connectivity index (χ3n) is 3.84. The van der Waals surface area contributed by atoms with E-state index in [0.29, 0.717) is 6.04 Å². The van der Waals surface area contributed by atoms with E-state index in [1.165, 1.54) is 12.0 Å². The van der Waals surface area contributed by atoms with Gasteiger partial charge in [0, 0.05) is 25.0 Å². The summed E-state index contributed by atoms with van der Waals surface area (Å²) in [6.45, 7) is 3.03. The molecule has 1 fully saturated rings. The van der Waals surface area contributed by atoms with Crippen molar-refractivity contribution in [2.75, 3.05) is 6.54 Å². The summed E-state index contributed by atoms with van der Waals surface area (Å²) in [5, 5.41) is 3.51. The molecule has 0 amide bonds. The first-order valence-electron chi connectivity index (χ1n) is 6.76. The zero-order valence-electron chi connectivity index (χ0n) is 11.4. The van der Waals surface area contributed by atoms with Crippen molar-refractivity contribution in [2.45, 2.75) is 25.8 Å². The highest BCUT2D eigenvalue weighted by atomic mass is 16.1. The molecule has 3 rings (SSSR count). The second-order valence-corrected chi connectivity index (χ2v) is 5.21. The summed E-state index contributed by atoms with van der Waals surface area (Å²) in [4.78, 5) is 12.3. The molecule has 1 aromatic heterocycles. The maximum absolute atomic E-state index is 12.3. The van der Waals surface area contributed by atoms with Crippen LogP contribution >= 0.6 is 0 Å². The van der Waals surface area contributed by atoms with Crippen molar-refractivity contribution >= 4 is 0 Å². The molecular formula is C15H19N3O. The lowest BCUT2D eigenvalue weighted by Crippen LogP contribution is -2.24. The number of rotatable bonds is 2. The zero-order chi connectivity index (χ0) is 13.4. The predicted molar refractivity (Wildman–Crippen MR) is 75.7 cm³/mol. The van der Waals surface area contributed by atoms with E-state index in [9.17, 15) is 4.79 Å². The molecule has 4 nitrogen and oxygen atoms in total. The van der Waals surface area contributed by atoms with Gasteiger partial charge in [-0.25, -0.2) is 4.79 Å². The minimum Gasteiger partial charge on any atom is -0.310 e. The smallest absolute Gasteiger partial charge is 0.310 e. The highest BCUT2D eigenvalue weighted by Crippen LogP contribution is 2.28. The third kappa shape index (κ3) is 2.02. The van der Waals surface area contributed by atoms with E-state index in [4.69, 9.17) is 0 Å². The van der Waals surface area contributed by atoms with Crippen molar-refractivity contribution < 1.29 is 0 Å². The van der Waals surface area contributed by atoms with Gasteiger partial charge >= 0.3 is 5.69 Å². The molecule has 2 heterocycles. The van der Waals surface area contributed by atoms with Crippen LogP contribution in [-0.4, -0.2) is 15.7 Å². The zero-order valence-corrected chi connectivity index (χ0v) is 11.4. The van der Waals surface area contributed by atoms with E-state index in [-0.39, 0.29) is 5.69 Å². The highest BCUT2D eigenvalue weighted by molar-refractivity contribution is 5.44. The van der Waals surface area contributed by atoms with Gasteiger partial charge in [-0.1, -0.05) is 18.2 Å². The van der Waals surface area contributed by atoms with E-state index in [1.807, 2.05) is 31.3 Å². The lowest BCUT2D eigenvalue weighted by atomic mass is 10.0. The van der Waals surface area contributed by atoms with Crippen molar-refractivity contribution in [3.63, 3.8) is 0 Å². The Morgan fingerprint density at radius 3 is 2.74 bits per heavy atom. The maximum atomic E-state index is 12.3. The van der Waals surface area contributed by atoms with Crippen LogP contribution < -0.4 is 11.0 Å². The van der Waals surface area contributed by atoms with Gasteiger partial charge in [0.1, 0.15) is 0 Å². The van der Waals surface area contributed by atoms with Gasteiger partial charge in [-0.3, -0.25) is 4.57 Å². The van der Waals surface area contributed by atoms with Crippen LogP contribution in [0.4, 0.5) is 0 Å². The Balaban J connectivity index is 2.17. The van der Waals surface area contributed by atoms with Crippen LogP contribution in [0.5, 0.6) is 0 Å². The van der Waals surface area contributed by atoms with Crippen LogP contribution in [-0.2, 0) is 7.05 Å². The topological polar surface area (TPSA) is 39.0 Å². The molecule has 4 heteroatoms. The molecule has 1 aliphatic rings. The Kier molecular flexibility index (Phi) is 3.03. The van der Waals surface area contributed by atoms with Crippen molar-refractivity contribution in [1.29, 1.82) is 0 Å². The van der Waals surface area contributed by atoms with Crippen LogP contribution in [0.15, 0.2) is 35.3 Å². The average Bonchev–Trinajstić information content (AvgIpc) is 3.00. The number of hydrogen-bond acceptors (Lipinski definition) is 2. The molecule has 1 aromatic carbocycles. The Bertz CT molecular complexity index is 648. The summed E-state index contributed by atoms with van der Waals surface area (Å²) in [5.41, 5.74) is 3.21. The summed E-state index contributed by atoms with van der Waals surface area (Å²) in [6, 6.07) is 8.55. The standard InChI is InChI=1S/C15H19N3O/c1-11-10-17(2)15(19)18(11)14-8-4-3-6-12(14)13-7-5-9-16-13/h3-4,6,8,10,13,16H,5,7,9H2,1-2H3. The van der Waals surface area contributed by atoms with E-state index in [1.54, 1.807) is 16.2 Å². The van der Waals surface area contributed by atoms with Gasteiger partial charge < -0.3 is 9.88 Å². The molecule has 100 valence electrons. The van der Waals surface area contributed by atoms with Gasteiger partial charge in [0.15, 0.2) is 0 Å². The molecule has 1 atom stereocenters. The largest absolute Gasteiger partial charge is 0.332 e. The molecule has 0 aliphatic carbocycles. The lowest BCUT2D eigenvalue weighted by molar-refractivity contribution is 0.641. The highest BCUT2D eigenvalue weighted by Gasteiger charge is 2.21. The molecule has 2 aromatic rings. The SMILES string of the molecule is Cc1cn(C)c(=O)n1-c1ccccc1C1CCCN1. The monoisotopic (exact) mass is 257 g/mol. The molecule has 1 N–H and O–H groups in total. The molecular weight excluding hydrogens is 238 g/mol. The minimum absolute atomic E-state index is 0.0166. The Morgan fingerprint density at radius 1 is 1.32 bits per heavy atom. The first-order valence-corrected chi connectivity index (χ1v) is 6.76. The molecule has 1 unspecified atom stereocenters. The molecule has 0 radical (unpaired) electrons. The molecule has 0 spiro atoms. The molecule has 0 saturated carbocycles. The van der Waals surface area contributed by atoms with E-state index in [2.05, 4.69) is 11.4 Å². The number of nitrogens with one attached hydrogen (secondary N) is 1. The summed E-state index contributed by atoms with van der Waals surface area (Å²) >= 11 is 0. The first-order chi connectivity index (χ1) is 9.18. The van der Waals surface area contributed by atoms with E-state index >= 15 is 0 Å². The van der Waals surface area contributed by atoms with Crippen molar-refractivity contribution in [2.24, 2.45) is 7.05 Å². The van der Waals surface area contributed by atoms with Crippen LogP contribution in [0.2, 0.25) is 0 Å². The number of para-hydroxylation sites is 1. The summed E-state index contributed by atoms with van der Waals surface area (Å²) in [5.74, 6) is 0. The molecule has 1 aliphatic heterocycles. The lowest BCUT2D eigenvalue weighted by Gasteiger charge is -2.16. The summed E-state index contributed by atoms with van der Waals surface area (Å²) in [7, 11) is 1.79. The van der Waals surface area contributed by atoms with Crippen molar-refractivity contribution in [3.05, 3.63) is 52.2 Å². The van der Waals surface area contributed by atoms with Crippen molar-refractivity contribution in [3.8, 4) is 5.69 Å². The second kappa shape index (κ2) is 4.70. The van der Waals surface area contributed by atoms with Gasteiger partial charge in [0.25, 0.3) is 0 Å². The van der Waals surface area contributed by atoms with Crippen LogP contribution in [0.1, 0.15) is 30.1 Å². The fourth-order valence-electron chi connectivity index (χ4n) is 2.93. The fourth-order valence-corrected chi connectivity index (χ4v) is 2.93. The number of aryl methyl sites for hydroxylation is 2. The Hall–Kier alpha value is -1.81. The van der Waals surface area contributed by atoms with Crippen molar-refractivity contribution in [1.82, 2.24) is 14.5 Å². The van der Waals surface area contributed by atoms with E-state index < -0.39 is 0 Å². The molecule has 0 bridgehead atoms. The number of benzene rings is 1. The maximum Gasteiger partial charge on any atom is 0.332 e. The summed E-state index contributed by atoms with van der Waals surface area (Å²) < 4.78 is 3.43. The van der Waals surface area contributed by atoms with Crippen LogP contribution in [0, 0.1) is 6.92 Å². The van der Waals surface area contributed by atoms with Gasteiger partial charge in [0.05, 0.1) is 5.69 Å². The molecule has 19 heavy (non-hydrogen) atoms. The third-order valence-corrected chi connectivity index (χ3v) is 3.84. The number of imidazole rings is 1. The quantitative estimate of drug-likeness (QED) is 0.892. The van der Waals surface area contributed by atoms with E-state index in [0.717, 1.165) is 24.3 Å². The van der Waals surface area contributed by atoms with Gasteiger partial charge in [-0.15, -0.1) is 0 Å². The summed E-state index contributed by atoms with van der Waals surface area (Å²) in [6.07, 6.45) is 4.21. The number of hydrogen-bond donors (Lipinski definition) is 1. The molecule has 1 saturated heterocycles. The van der Waals surface area contributed by atoms with Gasteiger partial charge in [0.2, 0.25) is 0 Å². The second-order valence-electron chi connectivity index (χ2n) is 5.21. The minimum atomic E-state index is 0.0166. The normalized spacial score (nSPS) is 18.9. The van der Waals surface area contributed by atoms with Crippen LogP contribution in [0.3, 0.4) is 0 Å². The Labute approximate surface area is 112 Å². The Morgan fingerprint density at radius 2 is 2.11 bits per heavy atom. The number of nitrogens with zero attached hydrogens (tertiary/aromatic N) is 2. The first kappa shape index (κ1) is 12.2. The predicted octanol–water partition coefficient (Wildman–Crippen LogP) is 1.91.